The second-order valence-corrected chi connectivity index (χ2v) is 9.30. The van der Waals surface area contributed by atoms with Gasteiger partial charge in [0.05, 0.1) is 24.6 Å². The van der Waals surface area contributed by atoms with Gasteiger partial charge in [0.25, 0.3) is 0 Å². The minimum Gasteiger partial charge on any atom is -0.491 e. The quantitative estimate of drug-likeness (QED) is 0.252. The van der Waals surface area contributed by atoms with E-state index in [1.54, 1.807) is 16.5 Å². The number of aromatic nitrogens is 6. The molecule has 0 bridgehead atoms. The Kier molecular flexibility index (Phi) is 7.93. The number of carbonyl (C=O) groups is 1. The molecular formula is C29H31N7O3. The van der Waals surface area contributed by atoms with E-state index in [0.29, 0.717) is 38.4 Å². The zero-order chi connectivity index (χ0) is 27.2. The van der Waals surface area contributed by atoms with E-state index >= 15 is 0 Å². The minimum atomic E-state index is -0.174. The fourth-order valence-corrected chi connectivity index (χ4v) is 4.19. The molecule has 0 spiro atoms. The lowest BCUT2D eigenvalue weighted by Gasteiger charge is -2.17. The zero-order valence-electron chi connectivity index (χ0n) is 22.3. The molecule has 0 aliphatic carbocycles. The summed E-state index contributed by atoms with van der Waals surface area (Å²) in [4.78, 5) is 14.1. The minimum absolute atomic E-state index is 0.174. The summed E-state index contributed by atoms with van der Waals surface area (Å²) >= 11 is 0. The van der Waals surface area contributed by atoms with E-state index in [4.69, 9.17) is 14.6 Å². The third kappa shape index (κ3) is 6.29. The number of fused-ring (bicyclic) bond motifs is 1. The molecule has 0 N–H and O–H groups in total. The van der Waals surface area contributed by atoms with Crippen LogP contribution in [0.25, 0.3) is 16.9 Å². The molecule has 3 heterocycles. The van der Waals surface area contributed by atoms with Crippen LogP contribution in [-0.4, -0.2) is 73.9 Å². The highest BCUT2D eigenvalue weighted by molar-refractivity contribution is 5.76. The number of amides is 1. The SMILES string of the molecule is Cc1cc(C)n(C(=O)N(C)CCOCCOc2ccc(Cc3nnc4ccc(-c5ccccc5)nn34)cc2)n1. The fourth-order valence-electron chi connectivity index (χ4n) is 4.19. The molecule has 0 saturated carbocycles. The molecule has 0 aliphatic heterocycles. The Labute approximate surface area is 226 Å². The zero-order valence-corrected chi connectivity index (χ0v) is 22.3. The van der Waals surface area contributed by atoms with Gasteiger partial charge in [0.15, 0.2) is 11.5 Å². The van der Waals surface area contributed by atoms with Crippen molar-refractivity contribution in [2.75, 3.05) is 33.4 Å². The molecule has 0 saturated heterocycles. The second kappa shape index (κ2) is 11.9. The van der Waals surface area contributed by atoms with Gasteiger partial charge < -0.3 is 14.4 Å². The van der Waals surface area contributed by atoms with Gasteiger partial charge in [0.1, 0.15) is 12.4 Å². The van der Waals surface area contributed by atoms with Gasteiger partial charge in [0, 0.05) is 31.3 Å². The van der Waals surface area contributed by atoms with Crippen LogP contribution in [0.3, 0.4) is 0 Å². The van der Waals surface area contributed by atoms with Gasteiger partial charge in [-0.25, -0.2) is 4.79 Å². The first-order valence-corrected chi connectivity index (χ1v) is 12.8. The van der Waals surface area contributed by atoms with Crippen molar-refractivity contribution in [2.45, 2.75) is 20.3 Å². The van der Waals surface area contributed by atoms with Gasteiger partial charge in [-0.3, -0.25) is 0 Å². The smallest absolute Gasteiger partial charge is 0.344 e. The summed E-state index contributed by atoms with van der Waals surface area (Å²) in [6.07, 6.45) is 0.597. The summed E-state index contributed by atoms with van der Waals surface area (Å²) in [5, 5.41) is 17.6. The fraction of sp³-hybridized carbons (Fsp3) is 0.276. The Morgan fingerprint density at radius 2 is 1.69 bits per heavy atom. The second-order valence-electron chi connectivity index (χ2n) is 9.30. The van der Waals surface area contributed by atoms with E-state index in [1.807, 2.05) is 86.6 Å². The van der Waals surface area contributed by atoms with Gasteiger partial charge in [-0.2, -0.15) is 19.4 Å². The summed E-state index contributed by atoms with van der Waals surface area (Å²) in [6, 6.07) is 23.5. The van der Waals surface area contributed by atoms with Gasteiger partial charge in [-0.15, -0.1) is 10.2 Å². The van der Waals surface area contributed by atoms with Crippen LogP contribution in [0.15, 0.2) is 72.8 Å². The Hall–Kier alpha value is -4.57. The molecule has 200 valence electrons. The number of hydrogen-bond acceptors (Lipinski definition) is 7. The molecule has 3 aromatic heterocycles. The van der Waals surface area contributed by atoms with Crippen LogP contribution >= 0.6 is 0 Å². The molecule has 1 amide bonds. The summed E-state index contributed by atoms with van der Waals surface area (Å²) in [6.45, 7) is 5.44. The average molecular weight is 526 g/mol. The number of aryl methyl sites for hydroxylation is 2. The van der Waals surface area contributed by atoms with Crippen molar-refractivity contribution in [1.82, 2.24) is 34.5 Å². The van der Waals surface area contributed by atoms with E-state index < -0.39 is 0 Å². The Bertz CT molecular complexity index is 1540. The van der Waals surface area contributed by atoms with Crippen LogP contribution in [-0.2, 0) is 11.2 Å². The van der Waals surface area contributed by atoms with Gasteiger partial charge in [-0.1, -0.05) is 42.5 Å². The lowest BCUT2D eigenvalue weighted by Crippen LogP contribution is -2.35. The molecule has 10 heteroatoms. The summed E-state index contributed by atoms with van der Waals surface area (Å²) < 4.78 is 14.7. The standard InChI is InChI=1S/C29H31N7O3/c1-21-19-22(2)35(32-21)29(37)34(3)15-16-38-17-18-39-25-11-9-23(10-12-25)20-28-31-30-27-14-13-26(33-36(27)28)24-7-5-4-6-8-24/h4-14,19H,15-18,20H2,1-3H3. The first kappa shape index (κ1) is 26.1. The van der Waals surface area contributed by atoms with Gasteiger partial charge >= 0.3 is 6.03 Å². The van der Waals surface area contributed by atoms with Crippen LogP contribution in [0.1, 0.15) is 22.8 Å². The highest BCUT2D eigenvalue weighted by atomic mass is 16.5. The molecule has 10 nitrogen and oxygen atoms in total. The average Bonchev–Trinajstić information content (AvgIpc) is 3.52. The molecule has 0 fully saturated rings. The number of hydrogen-bond donors (Lipinski definition) is 0. The molecule has 0 unspecified atom stereocenters. The first-order valence-electron chi connectivity index (χ1n) is 12.8. The van der Waals surface area contributed by atoms with E-state index in [2.05, 4.69) is 15.3 Å². The molecule has 0 aliphatic rings. The van der Waals surface area contributed by atoms with Crippen molar-refractivity contribution in [3.8, 4) is 17.0 Å². The van der Waals surface area contributed by atoms with Crippen molar-refractivity contribution in [2.24, 2.45) is 0 Å². The third-order valence-electron chi connectivity index (χ3n) is 6.27. The topological polar surface area (TPSA) is 99.7 Å². The Balaban J connectivity index is 1.07. The maximum Gasteiger partial charge on any atom is 0.344 e. The largest absolute Gasteiger partial charge is 0.491 e. The van der Waals surface area contributed by atoms with Crippen LogP contribution in [0, 0.1) is 13.8 Å². The summed E-state index contributed by atoms with van der Waals surface area (Å²) in [5.41, 5.74) is 5.34. The maximum atomic E-state index is 12.5. The Morgan fingerprint density at radius 3 is 2.44 bits per heavy atom. The summed E-state index contributed by atoms with van der Waals surface area (Å²) in [5.74, 6) is 1.53. The van der Waals surface area contributed by atoms with E-state index in [9.17, 15) is 4.79 Å². The highest BCUT2D eigenvalue weighted by Crippen LogP contribution is 2.19. The van der Waals surface area contributed by atoms with Crippen molar-refractivity contribution < 1.29 is 14.3 Å². The molecule has 0 atom stereocenters. The van der Waals surface area contributed by atoms with Crippen LogP contribution in [0.5, 0.6) is 5.75 Å². The highest BCUT2D eigenvalue weighted by Gasteiger charge is 2.14. The van der Waals surface area contributed by atoms with Crippen LogP contribution < -0.4 is 4.74 Å². The molecule has 39 heavy (non-hydrogen) atoms. The summed E-state index contributed by atoms with van der Waals surface area (Å²) in [7, 11) is 1.74. The van der Waals surface area contributed by atoms with E-state index in [1.165, 1.54) is 4.68 Å². The maximum absolute atomic E-state index is 12.5. The van der Waals surface area contributed by atoms with Crippen molar-refractivity contribution in [3.05, 3.63) is 95.6 Å². The predicted octanol–water partition coefficient (Wildman–Crippen LogP) is 4.19. The van der Waals surface area contributed by atoms with Gasteiger partial charge in [-0.05, 0) is 49.7 Å². The van der Waals surface area contributed by atoms with Crippen molar-refractivity contribution >= 4 is 11.7 Å². The lowest BCUT2D eigenvalue weighted by molar-refractivity contribution is 0.0886. The number of benzene rings is 2. The number of carbonyl (C=O) groups excluding carboxylic acids is 1. The number of nitrogens with zero attached hydrogens (tertiary/aromatic N) is 7. The molecule has 2 aromatic carbocycles. The van der Waals surface area contributed by atoms with E-state index in [-0.39, 0.29) is 6.03 Å². The molecule has 5 rings (SSSR count). The van der Waals surface area contributed by atoms with Gasteiger partial charge in [0.2, 0.25) is 0 Å². The number of rotatable bonds is 10. The van der Waals surface area contributed by atoms with Crippen LogP contribution in [0.2, 0.25) is 0 Å². The first-order chi connectivity index (χ1) is 19.0. The normalized spacial score (nSPS) is 11.2. The Morgan fingerprint density at radius 1 is 0.897 bits per heavy atom. The molecule has 0 radical (unpaired) electrons. The monoisotopic (exact) mass is 525 g/mol. The molecular weight excluding hydrogens is 494 g/mol. The van der Waals surface area contributed by atoms with Crippen molar-refractivity contribution in [3.63, 3.8) is 0 Å². The number of ether oxygens (including phenoxy) is 2. The van der Waals surface area contributed by atoms with Crippen molar-refractivity contribution in [1.29, 1.82) is 0 Å². The number of likely N-dealkylation sites (N-methyl/N-ethyl adjacent to an activating group) is 1. The van der Waals surface area contributed by atoms with E-state index in [0.717, 1.165) is 39.8 Å². The van der Waals surface area contributed by atoms with Crippen LogP contribution in [0.4, 0.5) is 4.79 Å². The lowest BCUT2D eigenvalue weighted by atomic mass is 10.1. The predicted molar refractivity (Wildman–Crippen MR) is 147 cm³/mol. The third-order valence-corrected chi connectivity index (χ3v) is 6.27. The molecule has 5 aromatic rings.